The monoisotopic (exact) mass is 282 g/mol. The minimum absolute atomic E-state index is 0.0276. The maximum Gasteiger partial charge on any atom is 0.303 e. The average Bonchev–Trinajstić information content (AvgIpc) is 2.67. The molecule has 0 spiro atoms. The van der Waals surface area contributed by atoms with Gasteiger partial charge in [0.1, 0.15) is 0 Å². The van der Waals surface area contributed by atoms with Crippen LogP contribution in [0.3, 0.4) is 0 Å². The van der Waals surface area contributed by atoms with E-state index in [-0.39, 0.29) is 12.3 Å². The van der Waals surface area contributed by atoms with Gasteiger partial charge in [0.2, 0.25) is 11.9 Å². The van der Waals surface area contributed by atoms with Crippen LogP contribution in [0.2, 0.25) is 0 Å². The van der Waals surface area contributed by atoms with Gasteiger partial charge in [-0.25, -0.2) is 4.98 Å². The van der Waals surface area contributed by atoms with Gasteiger partial charge in [0.15, 0.2) is 0 Å². The Morgan fingerprint density at radius 3 is 2.70 bits per heavy atom. The van der Waals surface area contributed by atoms with E-state index in [9.17, 15) is 9.59 Å². The van der Waals surface area contributed by atoms with Crippen molar-refractivity contribution in [1.82, 2.24) is 9.55 Å². The number of nitrogens with zero attached hydrogens (tertiary/aromatic N) is 2. The fourth-order valence-electron chi connectivity index (χ4n) is 1.85. The molecule has 1 heterocycles. The number of rotatable bonds is 7. The number of hydrogen-bond donors (Lipinski definition) is 3. The zero-order valence-electron chi connectivity index (χ0n) is 12.1. The predicted octanol–water partition coefficient (Wildman–Crippen LogP) is 0.749. The first-order valence-corrected chi connectivity index (χ1v) is 6.60. The number of nitrogens with two attached hydrogens (primary N) is 1. The van der Waals surface area contributed by atoms with Crippen molar-refractivity contribution in [3.63, 3.8) is 0 Å². The van der Waals surface area contributed by atoms with E-state index in [0.29, 0.717) is 24.7 Å². The van der Waals surface area contributed by atoms with E-state index < -0.39 is 12.0 Å². The van der Waals surface area contributed by atoms with E-state index in [1.54, 1.807) is 17.8 Å². The van der Waals surface area contributed by atoms with Crippen LogP contribution < -0.4 is 11.1 Å². The number of hydrogen-bond acceptors (Lipinski definition) is 4. The lowest BCUT2D eigenvalue weighted by molar-refractivity contribution is -0.137. The second-order valence-electron chi connectivity index (χ2n) is 5.25. The molecule has 20 heavy (non-hydrogen) atoms. The van der Waals surface area contributed by atoms with Crippen molar-refractivity contribution in [2.75, 3.05) is 5.32 Å². The van der Waals surface area contributed by atoms with Crippen molar-refractivity contribution in [2.24, 2.45) is 18.7 Å². The lowest BCUT2D eigenvalue weighted by Gasteiger charge is -2.14. The Balaban J connectivity index is 2.64. The first-order valence-electron chi connectivity index (χ1n) is 6.60. The molecular formula is C13H22N4O3. The molecule has 0 radical (unpaired) electrons. The molecule has 0 aliphatic heterocycles. The molecule has 4 N–H and O–H groups in total. The molecule has 7 heteroatoms. The Morgan fingerprint density at radius 2 is 2.15 bits per heavy atom. The molecule has 0 unspecified atom stereocenters. The summed E-state index contributed by atoms with van der Waals surface area (Å²) in [6.07, 6.45) is 2.56. The number of carboxylic acids is 1. The largest absolute Gasteiger partial charge is 0.481 e. The van der Waals surface area contributed by atoms with Gasteiger partial charge in [-0.15, -0.1) is 0 Å². The molecule has 112 valence electrons. The lowest BCUT2D eigenvalue weighted by Crippen LogP contribution is -2.37. The minimum Gasteiger partial charge on any atom is -0.481 e. The Kier molecular flexibility index (Phi) is 5.69. The summed E-state index contributed by atoms with van der Waals surface area (Å²) in [7, 11) is 1.73. The van der Waals surface area contributed by atoms with Crippen LogP contribution in [-0.4, -0.2) is 32.6 Å². The van der Waals surface area contributed by atoms with E-state index in [1.807, 2.05) is 13.8 Å². The Bertz CT molecular complexity index is 482. The standard InChI is InChI=1S/C13H22N4O3/c1-8(2)6-10(14)12(20)16-13-15-7-9(17(13)3)4-5-11(18)19/h7-8,10H,4-6,14H2,1-3H3,(H,18,19)(H,15,16,20)/t10-/m0/s1. The number of aromatic nitrogens is 2. The van der Waals surface area contributed by atoms with Crippen LogP contribution >= 0.6 is 0 Å². The van der Waals surface area contributed by atoms with Crippen molar-refractivity contribution < 1.29 is 14.7 Å². The minimum atomic E-state index is -0.865. The summed E-state index contributed by atoms with van der Waals surface area (Å²) in [5.74, 6) is -0.425. The molecule has 0 saturated carbocycles. The number of nitrogens with one attached hydrogen (secondary N) is 1. The van der Waals surface area contributed by atoms with E-state index in [2.05, 4.69) is 10.3 Å². The molecule has 1 aromatic rings. The van der Waals surface area contributed by atoms with Crippen LogP contribution in [0, 0.1) is 5.92 Å². The van der Waals surface area contributed by atoms with Crippen LogP contribution in [0.5, 0.6) is 0 Å². The van der Waals surface area contributed by atoms with Gasteiger partial charge in [-0.1, -0.05) is 13.8 Å². The summed E-state index contributed by atoms with van der Waals surface area (Å²) in [4.78, 5) is 26.5. The van der Waals surface area contributed by atoms with E-state index in [4.69, 9.17) is 10.8 Å². The topological polar surface area (TPSA) is 110 Å². The summed E-state index contributed by atoms with van der Waals surface area (Å²) in [6, 6.07) is -0.575. The summed E-state index contributed by atoms with van der Waals surface area (Å²) in [6.45, 7) is 4.00. The maximum atomic E-state index is 11.9. The maximum absolute atomic E-state index is 11.9. The molecule has 0 bridgehead atoms. The van der Waals surface area contributed by atoms with E-state index in [1.165, 1.54) is 0 Å². The molecule has 0 aliphatic rings. The van der Waals surface area contributed by atoms with Crippen molar-refractivity contribution in [2.45, 2.75) is 39.2 Å². The number of imidazole rings is 1. The van der Waals surface area contributed by atoms with E-state index in [0.717, 1.165) is 5.69 Å². The summed E-state index contributed by atoms with van der Waals surface area (Å²) >= 11 is 0. The number of amides is 1. The van der Waals surface area contributed by atoms with Crippen molar-refractivity contribution in [1.29, 1.82) is 0 Å². The van der Waals surface area contributed by atoms with Crippen LogP contribution in [0.1, 0.15) is 32.4 Å². The third-order valence-electron chi connectivity index (χ3n) is 2.98. The predicted molar refractivity (Wildman–Crippen MR) is 75.2 cm³/mol. The van der Waals surface area contributed by atoms with Crippen LogP contribution in [0.15, 0.2) is 6.20 Å². The number of carboxylic acid groups (broad SMARTS) is 1. The highest BCUT2D eigenvalue weighted by molar-refractivity contribution is 5.93. The quantitative estimate of drug-likeness (QED) is 0.683. The lowest BCUT2D eigenvalue weighted by atomic mass is 10.0. The molecule has 7 nitrogen and oxygen atoms in total. The second kappa shape index (κ2) is 7.04. The fourth-order valence-corrected chi connectivity index (χ4v) is 1.85. The highest BCUT2D eigenvalue weighted by Crippen LogP contribution is 2.11. The zero-order chi connectivity index (χ0) is 15.3. The van der Waals surface area contributed by atoms with E-state index >= 15 is 0 Å². The molecule has 1 amide bonds. The van der Waals surface area contributed by atoms with Gasteiger partial charge in [-0.05, 0) is 18.8 Å². The molecule has 0 saturated heterocycles. The number of carbonyl (C=O) groups excluding carboxylic acids is 1. The third-order valence-corrected chi connectivity index (χ3v) is 2.98. The second-order valence-corrected chi connectivity index (χ2v) is 5.25. The fraction of sp³-hybridized carbons (Fsp3) is 0.615. The van der Waals surface area contributed by atoms with Crippen LogP contribution in [-0.2, 0) is 23.1 Å². The van der Waals surface area contributed by atoms with Gasteiger partial charge >= 0.3 is 5.97 Å². The molecule has 1 aromatic heterocycles. The van der Waals surface area contributed by atoms with Crippen molar-refractivity contribution in [3.8, 4) is 0 Å². The van der Waals surface area contributed by atoms with Gasteiger partial charge in [0.25, 0.3) is 0 Å². The molecular weight excluding hydrogens is 260 g/mol. The molecule has 0 aromatic carbocycles. The summed E-state index contributed by atoms with van der Waals surface area (Å²) in [5, 5.41) is 11.3. The smallest absolute Gasteiger partial charge is 0.303 e. The number of aliphatic carboxylic acids is 1. The first-order chi connectivity index (χ1) is 9.31. The molecule has 0 fully saturated rings. The highest BCUT2D eigenvalue weighted by atomic mass is 16.4. The first kappa shape index (κ1) is 16.2. The SMILES string of the molecule is CC(C)C[C@H](N)C(=O)Nc1ncc(CCC(=O)O)n1C. The summed E-state index contributed by atoms with van der Waals surface area (Å²) < 4.78 is 1.67. The van der Waals surface area contributed by atoms with Gasteiger partial charge < -0.3 is 15.4 Å². The molecule has 1 rings (SSSR count). The van der Waals surface area contributed by atoms with Gasteiger partial charge in [0.05, 0.1) is 18.7 Å². The van der Waals surface area contributed by atoms with Gasteiger partial charge in [-0.3, -0.25) is 14.9 Å². The van der Waals surface area contributed by atoms with Crippen LogP contribution in [0.4, 0.5) is 5.95 Å². The van der Waals surface area contributed by atoms with Crippen molar-refractivity contribution in [3.05, 3.63) is 11.9 Å². The van der Waals surface area contributed by atoms with Gasteiger partial charge in [0, 0.05) is 12.7 Å². The van der Waals surface area contributed by atoms with Gasteiger partial charge in [-0.2, -0.15) is 0 Å². The third kappa shape index (κ3) is 4.65. The molecule has 0 aliphatic carbocycles. The zero-order valence-corrected chi connectivity index (χ0v) is 12.1. The number of carbonyl (C=O) groups is 2. The Morgan fingerprint density at radius 1 is 1.50 bits per heavy atom. The average molecular weight is 282 g/mol. The number of aryl methyl sites for hydroxylation is 1. The normalized spacial score (nSPS) is 12.4. The Hall–Kier alpha value is -1.89. The number of anilines is 1. The highest BCUT2D eigenvalue weighted by Gasteiger charge is 2.17. The summed E-state index contributed by atoms with van der Waals surface area (Å²) in [5.41, 5.74) is 6.54. The van der Waals surface area contributed by atoms with Crippen LogP contribution in [0.25, 0.3) is 0 Å². The Labute approximate surface area is 118 Å². The van der Waals surface area contributed by atoms with Crippen molar-refractivity contribution >= 4 is 17.8 Å². The molecule has 1 atom stereocenters.